The Balaban J connectivity index is 2.46. The second kappa shape index (κ2) is 5.39. The van der Waals surface area contributed by atoms with E-state index in [4.69, 9.17) is 0 Å². The molecule has 1 saturated carbocycles. The third kappa shape index (κ3) is 2.73. The Morgan fingerprint density at radius 2 is 1.71 bits per heavy atom. The highest BCUT2D eigenvalue weighted by Gasteiger charge is 2.49. The number of carbonyl (C=O) groups excluding carboxylic acids is 1. The molecule has 1 atom stereocenters. The summed E-state index contributed by atoms with van der Waals surface area (Å²) >= 11 is 0. The van der Waals surface area contributed by atoms with Crippen LogP contribution in [0.2, 0.25) is 0 Å². The Bertz CT molecular complexity index is 549. The molecule has 1 N–H and O–H groups in total. The molecule has 1 fully saturated rings. The van der Waals surface area contributed by atoms with Crippen LogP contribution in [0.5, 0.6) is 0 Å². The molecule has 114 valence electrons. The fourth-order valence-corrected chi connectivity index (χ4v) is 2.72. The number of hydrogen-bond donors (Lipinski definition) is 1. The quantitative estimate of drug-likeness (QED) is 0.901. The standard InChI is InChI=1S/C16H22N2O3/c1-11(19)18(14-9-10-14)16(2,15(20)21)12-5-7-13(8-6-12)17(3)4/h5-8,14H,9-10H2,1-4H3,(H,20,21). The second-order valence-corrected chi connectivity index (χ2v) is 5.94. The van der Waals surface area contributed by atoms with E-state index in [9.17, 15) is 14.7 Å². The predicted octanol–water partition coefficient (Wildman–Crippen LogP) is 2.06. The summed E-state index contributed by atoms with van der Waals surface area (Å²) in [6.07, 6.45) is 1.75. The average molecular weight is 290 g/mol. The van der Waals surface area contributed by atoms with E-state index >= 15 is 0 Å². The van der Waals surface area contributed by atoms with Crippen molar-refractivity contribution in [3.8, 4) is 0 Å². The summed E-state index contributed by atoms with van der Waals surface area (Å²) in [4.78, 5) is 27.4. The lowest BCUT2D eigenvalue weighted by Gasteiger charge is -2.38. The van der Waals surface area contributed by atoms with Crippen molar-refractivity contribution in [3.05, 3.63) is 29.8 Å². The molecule has 0 saturated heterocycles. The number of amides is 1. The maximum atomic E-state index is 12.0. The van der Waals surface area contributed by atoms with Gasteiger partial charge in [-0.2, -0.15) is 0 Å². The van der Waals surface area contributed by atoms with Crippen LogP contribution < -0.4 is 4.90 Å². The normalized spacial score (nSPS) is 17.0. The Morgan fingerprint density at radius 3 is 2.05 bits per heavy atom. The number of aliphatic carboxylic acids is 1. The molecule has 0 spiro atoms. The molecular formula is C16H22N2O3. The number of hydrogen-bond acceptors (Lipinski definition) is 3. The van der Waals surface area contributed by atoms with Crippen molar-refractivity contribution in [3.63, 3.8) is 0 Å². The van der Waals surface area contributed by atoms with Gasteiger partial charge < -0.3 is 14.9 Å². The second-order valence-electron chi connectivity index (χ2n) is 5.94. The monoisotopic (exact) mass is 290 g/mol. The van der Waals surface area contributed by atoms with Crippen molar-refractivity contribution in [1.82, 2.24) is 4.90 Å². The van der Waals surface area contributed by atoms with Gasteiger partial charge in [-0.05, 0) is 37.5 Å². The van der Waals surface area contributed by atoms with E-state index in [2.05, 4.69) is 0 Å². The van der Waals surface area contributed by atoms with Crippen LogP contribution in [0.3, 0.4) is 0 Å². The van der Waals surface area contributed by atoms with Gasteiger partial charge in [0.25, 0.3) is 0 Å². The molecule has 0 aliphatic heterocycles. The molecule has 1 aromatic carbocycles. The fraction of sp³-hybridized carbons (Fsp3) is 0.500. The van der Waals surface area contributed by atoms with Gasteiger partial charge in [0.2, 0.25) is 5.91 Å². The molecular weight excluding hydrogens is 268 g/mol. The van der Waals surface area contributed by atoms with E-state index in [0.29, 0.717) is 5.56 Å². The Morgan fingerprint density at radius 1 is 1.19 bits per heavy atom. The lowest BCUT2D eigenvalue weighted by atomic mass is 9.89. The highest BCUT2D eigenvalue weighted by molar-refractivity contribution is 5.87. The third-order valence-electron chi connectivity index (χ3n) is 4.10. The first kappa shape index (κ1) is 15.4. The first-order chi connectivity index (χ1) is 9.78. The van der Waals surface area contributed by atoms with Gasteiger partial charge in [0.05, 0.1) is 0 Å². The molecule has 1 aromatic rings. The summed E-state index contributed by atoms with van der Waals surface area (Å²) in [6.45, 7) is 3.05. The minimum atomic E-state index is -1.32. The molecule has 0 bridgehead atoms. The Hall–Kier alpha value is -2.04. The number of carboxylic acid groups (broad SMARTS) is 1. The van der Waals surface area contributed by atoms with E-state index in [-0.39, 0.29) is 11.9 Å². The fourth-order valence-electron chi connectivity index (χ4n) is 2.72. The summed E-state index contributed by atoms with van der Waals surface area (Å²) in [5.74, 6) is -1.19. The first-order valence-corrected chi connectivity index (χ1v) is 7.09. The van der Waals surface area contributed by atoms with Crippen LogP contribution in [0.25, 0.3) is 0 Å². The lowest BCUT2D eigenvalue weighted by Crippen LogP contribution is -2.53. The zero-order valence-corrected chi connectivity index (χ0v) is 13.0. The maximum Gasteiger partial charge on any atom is 0.334 e. The largest absolute Gasteiger partial charge is 0.479 e. The van der Waals surface area contributed by atoms with Gasteiger partial charge in [0, 0.05) is 32.7 Å². The minimum absolute atomic E-state index is 0.0390. The third-order valence-corrected chi connectivity index (χ3v) is 4.10. The van der Waals surface area contributed by atoms with Crippen LogP contribution in [0, 0.1) is 0 Å². The summed E-state index contributed by atoms with van der Waals surface area (Å²) in [6, 6.07) is 7.38. The van der Waals surface area contributed by atoms with E-state index in [1.807, 2.05) is 31.1 Å². The highest BCUT2D eigenvalue weighted by Crippen LogP contribution is 2.39. The van der Waals surface area contributed by atoms with E-state index < -0.39 is 11.5 Å². The van der Waals surface area contributed by atoms with Crippen molar-refractivity contribution in [2.45, 2.75) is 38.3 Å². The molecule has 0 aromatic heterocycles. The van der Waals surface area contributed by atoms with Gasteiger partial charge >= 0.3 is 5.97 Å². The van der Waals surface area contributed by atoms with Crippen molar-refractivity contribution >= 4 is 17.6 Å². The number of benzene rings is 1. The zero-order valence-electron chi connectivity index (χ0n) is 13.0. The van der Waals surface area contributed by atoms with Gasteiger partial charge in [-0.1, -0.05) is 12.1 Å². The molecule has 1 aliphatic rings. The molecule has 1 amide bonds. The van der Waals surface area contributed by atoms with Crippen LogP contribution in [-0.4, -0.2) is 42.0 Å². The zero-order chi connectivity index (χ0) is 15.8. The molecule has 2 rings (SSSR count). The van der Waals surface area contributed by atoms with Gasteiger partial charge in [0.1, 0.15) is 0 Å². The van der Waals surface area contributed by atoms with E-state index in [0.717, 1.165) is 18.5 Å². The van der Waals surface area contributed by atoms with Crippen molar-refractivity contribution in [2.24, 2.45) is 0 Å². The van der Waals surface area contributed by atoms with Gasteiger partial charge in [-0.25, -0.2) is 4.79 Å². The summed E-state index contributed by atoms with van der Waals surface area (Å²) in [7, 11) is 3.86. The Labute approximate surface area is 125 Å². The number of rotatable bonds is 5. The number of anilines is 1. The van der Waals surface area contributed by atoms with Crippen molar-refractivity contribution in [1.29, 1.82) is 0 Å². The molecule has 5 nitrogen and oxygen atoms in total. The molecule has 1 unspecified atom stereocenters. The minimum Gasteiger partial charge on any atom is -0.479 e. The summed E-state index contributed by atoms with van der Waals surface area (Å²) in [5, 5.41) is 9.76. The van der Waals surface area contributed by atoms with Crippen LogP contribution in [0.15, 0.2) is 24.3 Å². The Kier molecular flexibility index (Phi) is 3.94. The molecule has 0 radical (unpaired) electrons. The van der Waals surface area contributed by atoms with Crippen LogP contribution in [-0.2, 0) is 15.1 Å². The van der Waals surface area contributed by atoms with Crippen LogP contribution in [0.4, 0.5) is 5.69 Å². The highest BCUT2D eigenvalue weighted by atomic mass is 16.4. The summed E-state index contributed by atoms with van der Waals surface area (Å²) < 4.78 is 0. The van der Waals surface area contributed by atoms with Gasteiger partial charge in [-0.3, -0.25) is 4.79 Å². The van der Waals surface area contributed by atoms with Crippen molar-refractivity contribution in [2.75, 3.05) is 19.0 Å². The van der Waals surface area contributed by atoms with Gasteiger partial charge in [-0.15, -0.1) is 0 Å². The average Bonchev–Trinajstić information content (AvgIpc) is 3.22. The smallest absolute Gasteiger partial charge is 0.334 e. The van der Waals surface area contributed by atoms with Crippen LogP contribution in [0.1, 0.15) is 32.3 Å². The van der Waals surface area contributed by atoms with E-state index in [1.165, 1.54) is 11.8 Å². The predicted molar refractivity (Wildman–Crippen MR) is 81.3 cm³/mol. The molecule has 1 aliphatic carbocycles. The first-order valence-electron chi connectivity index (χ1n) is 7.09. The number of nitrogens with zero attached hydrogens (tertiary/aromatic N) is 2. The molecule has 0 heterocycles. The summed E-state index contributed by atoms with van der Waals surface area (Å²) in [5.41, 5.74) is 0.299. The number of carboxylic acids is 1. The molecule has 5 heteroatoms. The molecule has 21 heavy (non-hydrogen) atoms. The number of carbonyl (C=O) groups is 2. The maximum absolute atomic E-state index is 12.0. The topological polar surface area (TPSA) is 60.9 Å². The van der Waals surface area contributed by atoms with Crippen LogP contribution >= 0.6 is 0 Å². The van der Waals surface area contributed by atoms with Crippen molar-refractivity contribution < 1.29 is 14.7 Å². The van der Waals surface area contributed by atoms with E-state index in [1.54, 1.807) is 19.1 Å². The lowest BCUT2D eigenvalue weighted by molar-refractivity contribution is -0.159. The van der Waals surface area contributed by atoms with Gasteiger partial charge in [0.15, 0.2) is 5.54 Å². The SMILES string of the molecule is CC(=O)N(C1CC1)C(C)(C(=O)O)c1ccc(N(C)C)cc1.